The topological polar surface area (TPSA) is 68.5 Å². The Morgan fingerprint density at radius 1 is 1.15 bits per heavy atom. The molecule has 8 heteroatoms. The molecule has 3 rings (SSSR count). The minimum absolute atomic E-state index is 0.0336. The van der Waals surface area contributed by atoms with Crippen molar-refractivity contribution >= 4 is 16.9 Å². The third-order valence-electron chi connectivity index (χ3n) is 3.97. The molecule has 0 bridgehead atoms. The fourth-order valence-corrected chi connectivity index (χ4v) is 2.79. The number of fused-ring (bicyclic) bond motifs is 1. The molecule has 0 atom stereocenters. The number of carbonyl (C=O) groups is 1. The molecule has 140 valence electrons. The molecule has 5 nitrogen and oxygen atoms in total. The molecule has 2 aromatic carbocycles. The van der Waals surface area contributed by atoms with Gasteiger partial charge in [-0.25, -0.2) is 4.79 Å². The number of hydrogen-bond acceptors (Lipinski definition) is 4. The summed E-state index contributed by atoms with van der Waals surface area (Å²) in [6.07, 6.45) is -4.60. The molecule has 1 N–H and O–H groups in total. The van der Waals surface area contributed by atoms with Crippen LogP contribution in [0.3, 0.4) is 0 Å². The third kappa shape index (κ3) is 3.25. The molecule has 0 aliphatic rings. The molecule has 27 heavy (non-hydrogen) atoms. The number of nitrogens with zero attached hydrogens (tertiary/aromatic N) is 1. The minimum Gasteiger partial charge on any atom is -0.506 e. The Kier molecular flexibility index (Phi) is 4.65. The van der Waals surface area contributed by atoms with Gasteiger partial charge in [0, 0.05) is 11.1 Å². The van der Waals surface area contributed by atoms with Crippen molar-refractivity contribution in [3.8, 4) is 11.4 Å². The van der Waals surface area contributed by atoms with Crippen LogP contribution in [-0.4, -0.2) is 22.2 Å². The van der Waals surface area contributed by atoms with Gasteiger partial charge in [-0.1, -0.05) is 18.2 Å². The van der Waals surface area contributed by atoms with E-state index in [2.05, 4.69) is 0 Å². The first-order chi connectivity index (χ1) is 12.8. The summed E-state index contributed by atoms with van der Waals surface area (Å²) < 4.78 is 45.0. The predicted octanol–water partition coefficient (Wildman–Crippen LogP) is 3.89. The lowest BCUT2D eigenvalue weighted by atomic mass is 10.1. The van der Waals surface area contributed by atoms with Crippen molar-refractivity contribution in [2.24, 2.45) is 0 Å². The van der Waals surface area contributed by atoms with E-state index in [1.54, 1.807) is 12.1 Å². The molecule has 0 saturated carbocycles. The Labute approximate surface area is 151 Å². The molecule has 0 aliphatic heterocycles. The first-order valence-electron chi connectivity index (χ1n) is 7.97. The summed E-state index contributed by atoms with van der Waals surface area (Å²) in [4.78, 5) is 25.1. The first kappa shape index (κ1) is 18.5. The standard InChI is InChI=1S/C19H14F3NO4/c1-2-27-18(26)15-16(24)13-8-3-4-9-14(13)23(17(15)25)12-7-5-6-11(10-12)19(20,21)22/h3-10,24H,2H2,1H3. The van der Waals surface area contributed by atoms with Gasteiger partial charge < -0.3 is 9.84 Å². The Morgan fingerprint density at radius 2 is 1.85 bits per heavy atom. The van der Waals surface area contributed by atoms with Crippen molar-refractivity contribution in [1.29, 1.82) is 0 Å². The van der Waals surface area contributed by atoms with Crippen molar-refractivity contribution in [3.05, 3.63) is 70.0 Å². The molecular weight excluding hydrogens is 363 g/mol. The largest absolute Gasteiger partial charge is 0.506 e. The first-order valence-corrected chi connectivity index (χ1v) is 7.97. The van der Waals surface area contributed by atoms with Gasteiger partial charge in [0.05, 0.1) is 17.7 Å². The highest BCUT2D eigenvalue weighted by Crippen LogP contribution is 2.32. The molecule has 0 fully saturated rings. The number of carbonyl (C=O) groups excluding carboxylic acids is 1. The summed E-state index contributed by atoms with van der Waals surface area (Å²) in [7, 11) is 0. The van der Waals surface area contributed by atoms with Crippen LogP contribution in [0.4, 0.5) is 13.2 Å². The van der Waals surface area contributed by atoms with Gasteiger partial charge in [-0.15, -0.1) is 0 Å². The Morgan fingerprint density at radius 3 is 2.52 bits per heavy atom. The van der Waals surface area contributed by atoms with E-state index in [9.17, 15) is 27.9 Å². The molecule has 0 amide bonds. The summed E-state index contributed by atoms with van der Waals surface area (Å²) in [6.45, 7) is 1.50. The monoisotopic (exact) mass is 377 g/mol. The molecule has 1 aromatic heterocycles. The fraction of sp³-hybridized carbons (Fsp3) is 0.158. The molecular formula is C19H14F3NO4. The van der Waals surface area contributed by atoms with Crippen LogP contribution >= 0.6 is 0 Å². The molecule has 1 heterocycles. The van der Waals surface area contributed by atoms with E-state index < -0.39 is 34.6 Å². The van der Waals surface area contributed by atoms with Crippen LogP contribution in [0.15, 0.2) is 53.3 Å². The number of aromatic hydroxyl groups is 1. The van der Waals surface area contributed by atoms with E-state index in [1.165, 1.54) is 25.1 Å². The number of para-hydroxylation sites is 1. The highest BCUT2D eigenvalue weighted by molar-refractivity contribution is 6.00. The quantitative estimate of drug-likeness (QED) is 0.703. The molecule has 0 spiro atoms. The van der Waals surface area contributed by atoms with E-state index in [0.29, 0.717) is 0 Å². The second-order valence-electron chi connectivity index (χ2n) is 5.65. The van der Waals surface area contributed by atoms with Crippen molar-refractivity contribution in [2.75, 3.05) is 6.61 Å². The van der Waals surface area contributed by atoms with Crippen LogP contribution in [0.1, 0.15) is 22.8 Å². The number of alkyl halides is 3. The SMILES string of the molecule is CCOC(=O)c1c(O)c2ccccc2n(-c2cccc(C(F)(F)F)c2)c1=O. The summed E-state index contributed by atoms with van der Waals surface area (Å²) in [5, 5.41) is 10.5. The highest BCUT2D eigenvalue weighted by Gasteiger charge is 2.31. The zero-order valence-electron chi connectivity index (χ0n) is 14.1. The number of aromatic nitrogens is 1. The van der Waals surface area contributed by atoms with E-state index in [1.807, 2.05) is 0 Å². The lowest BCUT2D eigenvalue weighted by Crippen LogP contribution is -2.27. The average Bonchev–Trinajstić information content (AvgIpc) is 2.62. The molecule has 0 unspecified atom stereocenters. The Bertz CT molecular complexity index is 1090. The van der Waals surface area contributed by atoms with Gasteiger partial charge in [-0.3, -0.25) is 9.36 Å². The predicted molar refractivity (Wildman–Crippen MR) is 92.2 cm³/mol. The van der Waals surface area contributed by atoms with Crippen LogP contribution in [0.2, 0.25) is 0 Å². The second kappa shape index (κ2) is 6.79. The summed E-state index contributed by atoms with van der Waals surface area (Å²) in [6, 6.07) is 10.2. The lowest BCUT2D eigenvalue weighted by Gasteiger charge is -2.16. The van der Waals surface area contributed by atoms with Crippen LogP contribution < -0.4 is 5.56 Å². The van der Waals surface area contributed by atoms with Gasteiger partial charge in [0.2, 0.25) is 0 Å². The maximum absolute atomic E-state index is 13.1. The Hall–Kier alpha value is -3.29. The van der Waals surface area contributed by atoms with E-state index in [4.69, 9.17) is 4.74 Å². The van der Waals surface area contributed by atoms with Gasteiger partial charge in [-0.05, 0) is 37.3 Å². The van der Waals surface area contributed by atoms with Crippen LogP contribution in [0, 0.1) is 0 Å². The number of ether oxygens (including phenoxy) is 1. The smallest absolute Gasteiger partial charge is 0.416 e. The Balaban J connectivity index is 2.40. The summed E-state index contributed by atoms with van der Waals surface area (Å²) in [5.74, 6) is -1.62. The molecule has 0 radical (unpaired) electrons. The number of halogens is 3. The lowest BCUT2D eigenvalue weighted by molar-refractivity contribution is -0.137. The normalized spacial score (nSPS) is 11.6. The van der Waals surface area contributed by atoms with E-state index in [0.717, 1.165) is 22.8 Å². The highest BCUT2D eigenvalue weighted by atomic mass is 19.4. The molecule has 0 saturated heterocycles. The van der Waals surface area contributed by atoms with Gasteiger partial charge in [-0.2, -0.15) is 13.2 Å². The van der Waals surface area contributed by atoms with Crippen molar-refractivity contribution in [2.45, 2.75) is 13.1 Å². The van der Waals surface area contributed by atoms with Crippen molar-refractivity contribution in [1.82, 2.24) is 4.57 Å². The van der Waals surface area contributed by atoms with Crippen LogP contribution in [0.5, 0.6) is 5.75 Å². The number of rotatable bonds is 3. The molecule has 0 aliphatic carbocycles. The van der Waals surface area contributed by atoms with Crippen LogP contribution in [0.25, 0.3) is 16.6 Å². The van der Waals surface area contributed by atoms with E-state index >= 15 is 0 Å². The fourth-order valence-electron chi connectivity index (χ4n) is 2.79. The van der Waals surface area contributed by atoms with Gasteiger partial charge in [0.25, 0.3) is 5.56 Å². The number of esters is 1. The molecule has 3 aromatic rings. The number of pyridine rings is 1. The second-order valence-corrected chi connectivity index (χ2v) is 5.65. The van der Waals surface area contributed by atoms with Gasteiger partial charge in [0.15, 0.2) is 5.56 Å². The third-order valence-corrected chi connectivity index (χ3v) is 3.97. The number of hydrogen-bond donors (Lipinski definition) is 1. The summed E-state index contributed by atoms with van der Waals surface area (Å²) in [5.41, 5.74) is -2.47. The van der Waals surface area contributed by atoms with Gasteiger partial charge in [0.1, 0.15) is 5.75 Å². The van der Waals surface area contributed by atoms with E-state index in [-0.39, 0.29) is 23.2 Å². The van der Waals surface area contributed by atoms with Gasteiger partial charge >= 0.3 is 12.1 Å². The van der Waals surface area contributed by atoms with Crippen molar-refractivity contribution < 1.29 is 27.8 Å². The zero-order valence-corrected chi connectivity index (χ0v) is 14.1. The minimum atomic E-state index is -4.60. The average molecular weight is 377 g/mol. The number of benzene rings is 2. The zero-order chi connectivity index (χ0) is 19.8. The maximum Gasteiger partial charge on any atom is 0.416 e. The van der Waals surface area contributed by atoms with Crippen molar-refractivity contribution in [3.63, 3.8) is 0 Å². The van der Waals surface area contributed by atoms with Crippen LogP contribution in [-0.2, 0) is 10.9 Å². The summed E-state index contributed by atoms with van der Waals surface area (Å²) >= 11 is 0. The maximum atomic E-state index is 13.1.